The largest absolute Gasteiger partial charge is 0.289 e. The average molecular weight is 481 g/mol. The normalized spacial score (nSPS) is 13.0. The lowest BCUT2D eigenvalue weighted by atomic mass is 10.1. The summed E-state index contributed by atoms with van der Waals surface area (Å²) in [5.74, 6) is -1.28. The Balaban J connectivity index is 1.56. The van der Waals surface area contributed by atoms with Crippen LogP contribution in [0, 0.1) is 0 Å². The van der Waals surface area contributed by atoms with Crippen molar-refractivity contribution in [2.24, 2.45) is 0 Å². The molecule has 3 amide bonds. The molecule has 4 aromatic rings. The molecule has 0 aliphatic carbocycles. The zero-order valence-corrected chi connectivity index (χ0v) is 18.7. The van der Waals surface area contributed by atoms with Crippen molar-refractivity contribution in [3.05, 3.63) is 98.8 Å². The Bertz CT molecular complexity index is 1370. The number of carbonyl (C=O) groups excluding carboxylic acids is 3. The molecular formula is C24H14Cl2N2O3S. The number of rotatable bonds is 4. The fourth-order valence-corrected chi connectivity index (χ4v) is 5.42. The number of halogens is 2. The third-order valence-electron chi connectivity index (χ3n) is 5.26. The summed E-state index contributed by atoms with van der Waals surface area (Å²) in [4.78, 5) is 42.3. The van der Waals surface area contributed by atoms with Gasteiger partial charge in [0.25, 0.3) is 17.7 Å². The third-order valence-corrected chi connectivity index (χ3v) is 7.14. The minimum Gasteiger partial charge on any atom is -0.289 e. The Morgan fingerprint density at radius 3 is 2.16 bits per heavy atom. The second kappa shape index (κ2) is 8.06. The first-order valence-corrected chi connectivity index (χ1v) is 11.2. The summed E-state index contributed by atoms with van der Waals surface area (Å²) in [5.41, 5.74) is 1.20. The molecule has 0 saturated heterocycles. The van der Waals surface area contributed by atoms with Crippen LogP contribution in [0.4, 0.5) is 5.69 Å². The minimum atomic E-state index is -0.437. The molecule has 5 nitrogen and oxygen atoms in total. The van der Waals surface area contributed by atoms with Gasteiger partial charge in [0.15, 0.2) is 0 Å². The van der Waals surface area contributed by atoms with Crippen LogP contribution in [-0.4, -0.2) is 29.3 Å². The van der Waals surface area contributed by atoms with Crippen LogP contribution in [0.5, 0.6) is 0 Å². The Kier molecular flexibility index (Phi) is 5.21. The zero-order valence-electron chi connectivity index (χ0n) is 16.4. The quantitative estimate of drug-likeness (QED) is 0.331. The molecule has 0 fully saturated rings. The third kappa shape index (κ3) is 3.37. The molecular weight excluding hydrogens is 467 g/mol. The van der Waals surface area contributed by atoms with E-state index >= 15 is 0 Å². The van der Waals surface area contributed by atoms with E-state index < -0.39 is 17.7 Å². The number of nitrogens with zero attached hydrogens (tertiary/aromatic N) is 2. The number of benzene rings is 3. The number of hydrogen-bond acceptors (Lipinski definition) is 4. The van der Waals surface area contributed by atoms with Crippen LogP contribution < -0.4 is 4.90 Å². The van der Waals surface area contributed by atoms with E-state index in [0.717, 1.165) is 15.0 Å². The summed E-state index contributed by atoms with van der Waals surface area (Å²) in [5, 5.41) is 1.58. The summed E-state index contributed by atoms with van der Waals surface area (Å²) < 4.78 is 0.777. The van der Waals surface area contributed by atoms with Crippen molar-refractivity contribution in [3.8, 4) is 0 Å². The predicted octanol–water partition coefficient (Wildman–Crippen LogP) is 6.11. The standard InChI is InChI=1S/C24H14Cl2N2O3S/c25-14-10-11-18-19(12-14)32-21(20(18)26)24(31)27(15-6-2-1-3-7-15)13-28-22(29)16-8-4-5-9-17(16)23(28)30/h1-12H,13H2. The van der Waals surface area contributed by atoms with Gasteiger partial charge in [0.05, 0.1) is 16.1 Å². The molecule has 0 bridgehead atoms. The molecule has 2 heterocycles. The van der Waals surface area contributed by atoms with E-state index in [2.05, 4.69) is 0 Å². The summed E-state index contributed by atoms with van der Waals surface area (Å²) in [6, 6.07) is 20.7. The number of carbonyl (C=O) groups is 3. The van der Waals surface area contributed by atoms with Crippen molar-refractivity contribution < 1.29 is 14.4 Å². The number of para-hydroxylation sites is 1. The van der Waals surface area contributed by atoms with E-state index in [-0.39, 0.29) is 6.67 Å². The van der Waals surface area contributed by atoms with E-state index in [1.165, 1.54) is 16.2 Å². The van der Waals surface area contributed by atoms with Crippen LogP contribution in [-0.2, 0) is 0 Å². The van der Waals surface area contributed by atoms with Crippen LogP contribution in [0.25, 0.3) is 10.1 Å². The van der Waals surface area contributed by atoms with Gasteiger partial charge in [-0.3, -0.25) is 24.2 Å². The van der Waals surface area contributed by atoms with E-state index in [4.69, 9.17) is 23.2 Å². The summed E-state index contributed by atoms with van der Waals surface area (Å²) in [6.07, 6.45) is 0. The molecule has 5 rings (SSSR count). The number of fused-ring (bicyclic) bond motifs is 2. The maximum absolute atomic E-state index is 13.7. The maximum Gasteiger partial charge on any atom is 0.271 e. The molecule has 0 atom stereocenters. The highest BCUT2D eigenvalue weighted by atomic mass is 35.5. The van der Waals surface area contributed by atoms with Crippen LogP contribution in [0.2, 0.25) is 10.0 Å². The SMILES string of the molecule is O=C1c2ccccc2C(=O)N1CN(C(=O)c1sc2cc(Cl)ccc2c1Cl)c1ccccc1. The molecule has 0 saturated carbocycles. The van der Waals surface area contributed by atoms with Gasteiger partial charge >= 0.3 is 0 Å². The van der Waals surface area contributed by atoms with Gasteiger partial charge in [-0.15, -0.1) is 11.3 Å². The maximum atomic E-state index is 13.7. The predicted molar refractivity (Wildman–Crippen MR) is 127 cm³/mol. The molecule has 0 spiro atoms. The van der Waals surface area contributed by atoms with Crippen molar-refractivity contribution in [3.63, 3.8) is 0 Å². The van der Waals surface area contributed by atoms with E-state index in [1.54, 1.807) is 66.7 Å². The van der Waals surface area contributed by atoms with Gasteiger partial charge in [-0.05, 0) is 36.4 Å². The summed E-state index contributed by atoms with van der Waals surface area (Å²) >= 11 is 13.9. The Hall–Kier alpha value is -3.19. The Labute approximate surface area is 197 Å². The van der Waals surface area contributed by atoms with Gasteiger partial charge in [-0.1, -0.05) is 59.6 Å². The molecule has 3 aromatic carbocycles. The molecule has 1 aliphatic rings. The molecule has 158 valence electrons. The fraction of sp³-hybridized carbons (Fsp3) is 0.0417. The Morgan fingerprint density at radius 1 is 0.875 bits per heavy atom. The molecule has 0 unspecified atom stereocenters. The van der Waals surface area contributed by atoms with Crippen molar-refractivity contribution in [1.29, 1.82) is 0 Å². The lowest BCUT2D eigenvalue weighted by Gasteiger charge is -2.26. The second-order valence-electron chi connectivity index (χ2n) is 7.18. The van der Waals surface area contributed by atoms with Crippen molar-refractivity contribution in [2.45, 2.75) is 0 Å². The van der Waals surface area contributed by atoms with Gasteiger partial charge in [0.1, 0.15) is 11.5 Å². The van der Waals surface area contributed by atoms with E-state index in [1.807, 2.05) is 6.07 Å². The van der Waals surface area contributed by atoms with Gasteiger partial charge in [-0.2, -0.15) is 0 Å². The van der Waals surface area contributed by atoms with Gasteiger partial charge < -0.3 is 0 Å². The van der Waals surface area contributed by atoms with E-state index in [9.17, 15) is 14.4 Å². The highest BCUT2D eigenvalue weighted by molar-refractivity contribution is 7.21. The monoisotopic (exact) mass is 480 g/mol. The Morgan fingerprint density at radius 2 is 1.50 bits per heavy atom. The number of thiophene rings is 1. The zero-order chi connectivity index (χ0) is 22.4. The molecule has 32 heavy (non-hydrogen) atoms. The fourth-order valence-electron chi connectivity index (χ4n) is 3.68. The highest BCUT2D eigenvalue weighted by Gasteiger charge is 2.38. The van der Waals surface area contributed by atoms with Crippen LogP contribution >= 0.6 is 34.5 Å². The minimum absolute atomic E-state index is 0.236. The number of amides is 3. The number of anilines is 1. The molecule has 8 heteroatoms. The molecule has 0 N–H and O–H groups in total. The van der Waals surface area contributed by atoms with Gasteiger partial charge in [-0.25, -0.2) is 0 Å². The van der Waals surface area contributed by atoms with Crippen molar-refractivity contribution in [2.75, 3.05) is 11.6 Å². The highest BCUT2D eigenvalue weighted by Crippen LogP contribution is 2.38. The van der Waals surface area contributed by atoms with E-state index in [0.29, 0.717) is 31.7 Å². The number of hydrogen-bond donors (Lipinski definition) is 0. The molecule has 0 radical (unpaired) electrons. The van der Waals surface area contributed by atoms with Crippen molar-refractivity contribution >= 4 is 68.0 Å². The first kappa shape index (κ1) is 20.7. The topological polar surface area (TPSA) is 57.7 Å². The lowest BCUT2D eigenvalue weighted by Crippen LogP contribution is -2.44. The van der Waals surface area contributed by atoms with Crippen LogP contribution in [0.1, 0.15) is 30.4 Å². The summed E-state index contributed by atoms with van der Waals surface area (Å²) in [7, 11) is 0. The second-order valence-corrected chi connectivity index (χ2v) is 9.05. The average Bonchev–Trinajstić information content (AvgIpc) is 3.26. The molecule has 1 aliphatic heterocycles. The smallest absolute Gasteiger partial charge is 0.271 e. The van der Waals surface area contributed by atoms with Gasteiger partial charge in [0, 0.05) is 20.8 Å². The lowest BCUT2D eigenvalue weighted by molar-refractivity contribution is 0.0650. The first-order chi connectivity index (χ1) is 15.5. The molecule has 1 aromatic heterocycles. The van der Waals surface area contributed by atoms with Crippen LogP contribution in [0.15, 0.2) is 72.8 Å². The van der Waals surface area contributed by atoms with Gasteiger partial charge in [0.2, 0.25) is 0 Å². The van der Waals surface area contributed by atoms with Crippen LogP contribution in [0.3, 0.4) is 0 Å². The number of imide groups is 1. The van der Waals surface area contributed by atoms with Crippen molar-refractivity contribution in [1.82, 2.24) is 4.90 Å². The first-order valence-electron chi connectivity index (χ1n) is 9.65. The summed E-state index contributed by atoms with van der Waals surface area (Å²) in [6.45, 7) is -0.236.